The van der Waals surface area contributed by atoms with Gasteiger partial charge in [0.1, 0.15) is 6.61 Å². The minimum absolute atomic E-state index is 0.0123. The van der Waals surface area contributed by atoms with Crippen LogP contribution in [0.25, 0.3) is 0 Å². The minimum Gasteiger partial charge on any atom is -0.391 e. The highest BCUT2D eigenvalue weighted by molar-refractivity contribution is 5.79. The normalized spacial score (nSPS) is 11.2. The van der Waals surface area contributed by atoms with Crippen LogP contribution in [-0.2, 0) is 17.9 Å². The first kappa shape index (κ1) is 15.2. The predicted molar refractivity (Wildman–Crippen MR) is 79.6 cm³/mol. The molecule has 21 heavy (non-hydrogen) atoms. The lowest BCUT2D eigenvalue weighted by atomic mass is 10.1. The van der Waals surface area contributed by atoms with Gasteiger partial charge in [-0.15, -0.1) is 0 Å². The number of hydrogen-bond donors (Lipinski definition) is 0. The van der Waals surface area contributed by atoms with Gasteiger partial charge in [-0.05, 0) is 23.1 Å². The van der Waals surface area contributed by atoms with E-state index >= 15 is 0 Å². The zero-order valence-corrected chi connectivity index (χ0v) is 11.8. The summed E-state index contributed by atoms with van der Waals surface area (Å²) in [6.45, 7) is 2.36. The number of nitrogens with zero attached hydrogens (tertiary/aromatic N) is 1. The monoisotopic (exact) mass is 289 g/mol. The van der Waals surface area contributed by atoms with Crippen molar-refractivity contribution in [2.24, 2.45) is 5.16 Å². The van der Waals surface area contributed by atoms with Crippen molar-refractivity contribution in [2.75, 3.05) is 0 Å². The SMILES string of the molecule is CCc1ccc(C=NOCc2ccc(C(F)F)cc2)cc1. The minimum atomic E-state index is -2.44. The number of halogens is 2. The molecular formula is C17H17F2NO. The Morgan fingerprint density at radius 1 is 1.00 bits per heavy atom. The van der Waals surface area contributed by atoms with Crippen LogP contribution < -0.4 is 0 Å². The Balaban J connectivity index is 1.84. The van der Waals surface area contributed by atoms with Crippen LogP contribution in [0.3, 0.4) is 0 Å². The van der Waals surface area contributed by atoms with Crippen molar-refractivity contribution in [1.29, 1.82) is 0 Å². The maximum atomic E-state index is 12.4. The van der Waals surface area contributed by atoms with E-state index in [1.807, 2.05) is 24.3 Å². The average Bonchev–Trinajstić information content (AvgIpc) is 2.52. The largest absolute Gasteiger partial charge is 0.391 e. The van der Waals surface area contributed by atoms with Gasteiger partial charge in [0, 0.05) is 5.56 Å². The van der Waals surface area contributed by atoms with Gasteiger partial charge >= 0.3 is 0 Å². The molecule has 0 aliphatic carbocycles. The van der Waals surface area contributed by atoms with Gasteiger partial charge in [-0.3, -0.25) is 0 Å². The maximum Gasteiger partial charge on any atom is 0.263 e. The molecule has 0 N–H and O–H groups in total. The molecule has 0 saturated carbocycles. The Kier molecular flexibility index (Phi) is 5.43. The van der Waals surface area contributed by atoms with Crippen LogP contribution in [0, 0.1) is 0 Å². The smallest absolute Gasteiger partial charge is 0.263 e. The number of alkyl halides is 2. The Hall–Kier alpha value is -2.23. The lowest BCUT2D eigenvalue weighted by Gasteiger charge is -2.02. The van der Waals surface area contributed by atoms with E-state index in [1.54, 1.807) is 18.3 Å². The summed E-state index contributed by atoms with van der Waals surface area (Å²) in [5.41, 5.74) is 3.04. The third kappa shape index (κ3) is 4.67. The highest BCUT2D eigenvalue weighted by atomic mass is 19.3. The highest BCUT2D eigenvalue weighted by Crippen LogP contribution is 2.18. The number of hydrogen-bond acceptors (Lipinski definition) is 2. The van der Waals surface area contributed by atoms with Crippen molar-refractivity contribution < 1.29 is 13.6 Å². The highest BCUT2D eigenvalue weighted by Gasteiger charge is 2.05. The van der Waals surface area contributed by atoms with Gasteiger partial charge in [0.25, 0.3) is 6.43 Å². The van der Waals surface area contributed by atoms with Gasteiger partial charge in [0.2, 0.25) is 0 Å². The molecule has 110 valence electrons. The van der Waals surface area contributed by atoms with E-state index in [9.17, 15) is 8.78 Å². The molecule has 0 aromatic heterocycles. The van der Waals surface area contributed by atoms with Crippen molar-refractivity contribution in [2.45, 2.75) is 26.4 Å². The molecule has 2 aromatic rings. The number of oxime groups is 1. The summed E-state index contributed by atoms with van der Waals surface area (Å²) in [4.78, 5) is 5.16. The van der Waals surface area contributed by atoms with Gasteiger partial charge in [0.15, 0.2) is 0 Å². The van der Waals surface area contributed by atoms with Crippen LogP contribution in [-0.4, -0.2) is 6.21 Å². The summed E-state index contributed by atoms with van der Waals surface area (Å²) >= 11 is 0. The second-order valence-corrected chi connectivity index (χ2v) is 4.65. The van der Waals surface area contributed by atoms with Gasteiger partial charge < -0.3 is 4.84 Å². The van der Waals surface area contributed by atoms with Gasteiger partial charge in [-0.25, -0.2) is 8.78 Å². The van der Waals surface area contributed by atoms with Crippen LogP contribution in [0.5, 0.6) is 0 Å². The number of rotatable bonds is 6. The van der Waals surface area contributed by atoms with Gasteiger partial charge in [-0.2, -0.15) is 0 Å². The van der Waals surface area contributed by atoms with Crippen LogP contribution in [0.2, 0.25) is 0 Å². The van der Waals surface area contributed by atoms with Gasteiger partial charge in [-0.1, -0.05) is 60.6 Å². The molecule has 0 amide bonds. The molecule has 0 radical (unpaired) electrons. The summed E-state index contributed by atoms with van der Waals surface area (Å²) in [5.74, 6) is 0. The van der Waals surface area contributed by atoms with Crippen LogP contribution in [0.15, 0.2) is 53.7 Å². The molecule has 0 atom stereocenters. The van der Waals surface area contributed by atoms with E-state index in [-0.39, 0.29) is 12.2 Å². The summed E-state index contributed by atoms with van der Waals surface area (Å²) in [6, 6.07) is 14.1. The molecule has 2 aromatic carbocycles. The van der Waals surface area contributed by atoms with Gasteiger partial charge in [0.05, 0.1) is 6.21 Å². The van der Waals surface area contributed by atoms with E-state index in [0.29, 0.717) is 0 Å². The molecule has 0 saturated heterocycles. The molecule has 0 aliphatic rings. The van der Waals surface area contributed by atoms with Crippen molar-refractivity contribution in [3.63, 3.8) is 0 Å². The number of aryl methyl sites for hydroxylation is 1. The first-order chi connectivity index (χ1) is 10.2. The molecule has 0 spiro atoms. The maximum absolute atomic E-state index is 12.4. The molecular weight excluding hydrogens is 272 g/mol. The van der Waals surface area contributed by atoms with Crippen molar-refractivity contribution in [3.8, 4) is 0 Å². The summed E-state index contributed by atoms with van der Waals surface area (Å²) in [6.07, 6.45) is 0.194. The fraction of sp³-hybridized carbons (Fsp3) is 0.235. The van der Waals surface area contributed by atoms with E-state index in [0.717, 1.165) is 17.5 Å². The Morgan fingerprint density at radius 3 is 2.19 bits per heavy atom. The topological polar surface area (TPSA) is 21.6 Å². The summed E-state index contributed by atoms with van der Waals surface area (Å²) < 4.78 is 24.8. The molecule has 0 heterocycles. The van der Waals surface area contributed by atoms with E-state index in [1.165, 1.54) is 17.7 Å². The quantitative estimate of drug-likeness (QED) is 0.556. The van der Waals surface area contributed by atoms with E-state index in [2.05, 4.69) is 12.1 Å². The lowest BCUT2D eigenvalue weighted by Crippen LogP contribution is -1.90. The second kappa shape index (κ2) is 7.53. The zero-order valence-electron chi connectivity index (χ0n) is 11.8. The first-order valence-corrected chi connectivity index (χ1v) is 6.80. The molecule has 4 heteroatoms. The zero-order chi connectivity index (χ0) is 15.1. The lowest BCUT2D eigenvalue weighted by molar-refractivity contribution is 0.131. The Bertz CT molecular complexity index is 577. The second-order valence-electron chi connectivity index (χ2n) is 4.65. The number of benzene rings is 2. The summed E-state index contributed by atoms with van der Waals surface area (Å²) in [7, 11) is 0. The molecule has 0 bridgehead atoms. The van der Waals surface area contributed by atoms with Crippen LogP contribution in [0.1, 0.15) is 35.6 Å². The van der Waals surface area contributed by atoms with Crippen molar-refractivity contribution >= 4 is 6.21 Å². The molecule has 2 nitrogen and oxygen atoms in total. The third-order valence-electron chi connectivity index (χ3n) is 3.13. The van der Waals surface area contributed by atoms with Crippen LogP contribution in [0.4, 0.5) is 8.78 Å². The van der Waals surface area contributed by atoms with Crippen molar-refractivity contribution in [3.05, 3.63) is 70.8 Å². The fourth-order valence-corrected chi connectivity index (χ4v) is 1.81. The Labute approximate surface area is 123 Å². The fourth-order valence-electron chi connectivity index (χ4n) is 1.81. The third-order valence-corrected chi connectivity index (χ3v) is 3.13. The Morgan fingerprint density at radius 2 is 1.62 bits per heavy atom. The average molecular weight is 289 g/mol. The molecule has 2 rings (SSSR count). The molecule has 0 fully saturated rings. The summed E-state index contributed by atoms with van der Waals surface area (Å²) in [5, 5.41) is 3.88. The molecule has 0 unspecified atom stereocenters. The van der Waals surface area contributed by atoms with Crippen LogP contribution >= 0.6 is 0 Å². The molecule has 0 aliphatic heterocycles. The van der Waals surface area contributed by atoms with E-state index < -0.39 is 6.43 Å². The van der Waals surface area contributed by atoms with Crippen molar-refractivity contribution in [1.82, 2.24) is 0 Å². The predicted octanol–water partition coefficient (Wildman–Crippen LogP) is 4.74. The van der Waals surface area contributed by atoms with E-state index in [4.69, 9.17) is 4.84 Å². The first-order valence-electron chi connectivity index (χ1n) is 6.80. The standard InChI is InChI=1S/C17H17F2NO/c1-2-13-3-5-14(6-4-13)11-20-21-12-15-7-9-16(10-8-15)17(18)19/h3-11,17H,2,12H2,1H3.